The highest BCUT2D eigenvalue weighted by Crippen LogP contribution is 2.27. The standard InChI is InChI=1S/C17H26BrNO2S/c1-12(2)6-17(15-7-13(3)8-16(18)9-15)19-10-14-4-5-22(20,21)11-14/h7-9,12,14,17,19H,4-6,10-11H2,1-3H3. The molecule has 2 unspecified atom stereocenters. The molecule has 2 rings (SSSR count). The van der Waals surface area contributed by atoms with E-state index in [0.29, 0.717) is 17.4 Å². The molecule has 124 valence electrons. The molecule has 0 aliphatic carbocycles. The fourth-order valence-corrected chi connectivity index (χ4v) is 5.60. The molecular formula is C17H26BrNO2S. The maximum Gasteiger partial charge on any atom is 0.150 e. The molecule has 0 aromatic heterocycles. The summed E-state index contributed by atoms with van der Waals surface area (Å²) < 4.78 is 24.3. The molecule has 1 N–H and O–H groups in total. The molecule has 1 aliphatic heterocycles. The lowest BCUT2D eigenvalue weighted by molar-refractivity contribution is 0.398. The molecule has 5 heteroatoms. The zero-order valence-corrected chi connectivity index (χ0v) is 16.0. The van der Waals surface area contributed by atoms with Gasteiger partial charge in [-0.15, -0.1) is 0 Å². The molecule has 1 aliphatic rings. The lowest BCUT2D eigenvalue weighted by atomic mass is 9.95. The van der Waals surface area contributed by atoms with Crippen molar-refractivity contribution >= 4 is 25.8 Å². The molecule has 0 saturated carbocycles. The molecule has 2 atom stereocenters. The van der Waals surface area contributed by atoms with E-state index in [1.807, 2.05) is 0 Å². The molecule has 0 amide bonds. The predicted octanol–water partition coefficient (Wildman–Crippen LogP) is 3.87. The van der Waals surface area contributed by atoms with Crippen LogP contribution in [0.3, 0.4) is 0 Å². The first-order valence-electron chi connectivity index (χ1n) is 7.96. The minimum Gasteiger partial charge on any atom is -0.310 e. The highest BCUT2D eigenvalue weighted by Gasteiger charge is 2.28. The number of halogens is 1. The van der Waals surface area contributed by atoms with Crippen LogP contribution in [-0.4, -0.2) is 26.5 Å². The van der Waals surface area contributed by atoms with Gasteiger partial charge in [-0.2, -0.15) is 0 Å². The number of hydrogen-bond donors (Lipinski definition) is 1. The minimum absolute atomic E-state index is 0.257. The van der Waals surface area contributed by atoms with E-state index in [0.717, 1.165) is 23.9 Å². The zero-order chi connectivity index (χ0) is 16.3. The largest absolute Gasteiger partial charge is 0.310 e. The second kappa shape index (κ2) is 7.45. The van der Waals surface area contributed by atoms with Crippen LogP contribution >= 0.6 is 15.9 Å². The summed E-state index contributed by atoms with van der Waals surface area (Å²) in [6, 6.07) is 6.77. The van der Waals surface area contributed by atoms with Crippen LogP contribution in [0.1, 0.15) is 43.9 Å². The van der Waals surface area contributed by atoms with Crippen molar-refractivity contribution in [2.24, 2.45) is 11.8 Å². The second-order valence-electron chi connectivity index (χ2n) is 6.92. The Morgan fingerprint density at radius 3 is 2.59 bits per heavy atom. The Morgan fingerprint density at radius 2 is 2.05 bits per heavy atom. The van der Waals surface area contributed by atoms with Crippen LogP contribution < -0.4 is 5.32 Å². The quantitative estimate of drug-likeness (QED) is 0.805. The highest BCUT2D eigenvalue weighted by atomic mass is 79.9. The summed E-state index contributed by atoms with van der Waals surface area (Å²) in [4.78, 5) is 0. The molecule has 0 radical (unpaired) electrons. The Labute approximate surface area is 142 Å². The van der Waals surface area contributed by atoms with Crippen molar-refractivity contribution < 1.29 is 8.42 Å². The third-order valence-corrected chi connectivity index (χ3v) is 6.45. The van der Waals surface area contributed by atoms with Crippen LogP contribution in [0.15, 0.2) is 22.7 Å². The molecule has 3 nitrogen and oxygen atoms in total. The van der Waals surface area contributed by atoms with Crippen molar-refractivity contribution in [1.82, 2.24) is 5.32 Å². The van der Waals surface area contributed by atoms with Crippen LogP contribution in [0, 0.1) is 18.8 Å². The molecule has 22 heavy (non-hydrogen) atoms. The molecule has 1 aromatic carbocycles. The average molecular weight is 388 g/mol. The van der Waals surface area contributed by atoms with Gasteiger partial charge >= 0.3 is 0 Å². The minimum atomic E-state index is -2.79. The highest BCUT2D eigenvalue weighted by molar-refractivity contribution is 9.10. The van der Waals surface area contributed by atoms with Crippen LogP contribution in [0.25, 0.3) is 0 Å². The van der Waals surface area contributed by atoms with E-state index in [1.54, 1.807) is 0 Å². The van der Waals surface area contributed by atoms with Gasteiger partial charge in [-0.05, 0) is 61.4 Å². The Hall–Kier alpha value is -0.390. The van der Waals surface area contributed by atoms with E-state index in [2.05, 4.69) is 60.2 Å². The topological polar surface area (TPSA) is 46.2 Å². The predicted molar refractivity (Wildman–Crippen MR) is 95.8 cm³/mol. The Kier molecular flexibility index (Phi) is 6.08. The first kappa shape index (κ1) is 18.0. The first-order valence-corrected chi connectivity index (χ1v) is 10.6. The smallest absolute Gasteiger partial charge is 0.150 e. The Morgan fingerprint density at radius 1 is 1.32 bits per heavy atom. The van der Waals surface area contributed by atoms with Gasteiger partial charge in [0.15, 0.2) is 9.84 Å². The third-order valence-electron chi connectivity index (χ3n) is 4.15. The van der Waals surface area contributed by atoms with Gasteiger partial charge in [0.05, 0.1) is 11.5 Å². The number of aryl methyl sites for hydroxylation is 1. The van der Waals surface area contributed by atoms with Crippen molar-refractivity contribution in [3.05, 3.63) is 33.8 Å². The first-order chi connectivity index (χ1) is 10.2. The van der Waals surface area contributed by atoms with E-state index >= 15 is 0 Å². The van der Waals surface area contributed by atoms with Crippen LogP contribution in [0.2, 0.25) is 0 Å². The van der Waals surface area contributed by atoms with Crippen molar-refractivity contribution in [2.45, 2.75) is 39.7 Å². The van der Waals surface area contributed by atoms with E-state index in [9.17, 15) is 8.42 Å². The Bertz CT molecular complexity index is 593. The lowest BCUT2D eigenvalue weighted by Gasteiger charge is -2.23. The van der Waals surface area contributed by atoms with Gasteiger partial charge in [0.1, 0.15) is 0 Å². The van der Waals surface area contributed by atoms with Gasteiger partial charge in [0.2, 0.25) is 0 Å². The number of sulfone groups is 1. The van der Waals surface area contributed by atoms with Crippen LogP contribution in [0.4, 0.5) is 0 Å². The van der Waals surface area contributed by atoms with Crippen LogP contribution in [-0.2, 0) is 9.84 Å². The summed E-state index contributed by atoms with van der Waals surface area (Å²) in [5.74, 6) is 1.54. The molecule has 1 aromatic rings. The van der Waals surface area contributed by atoms with Crippen LogP contribution in [0.5, 0.6) is 0 Å². The normalized spacial score (nSPS) is 22.1. The summed E-state index contributed by atoms with van der Waals surface area (Å²) in [5, 5.41) is 3.62. The fraction of sp³-hybridized carbons (Fsp3) is 0.647. The number of rotatable bonds is 6. The summed E-state index contributed by atoms with van der Waals surface area (Å²) in [6.07, 6.45) is 1.84. The number of nitrogens with one attached hydrogen (secondary N) is 1. The van der Waals surface area contributed by atoms with Crippen molar-refractivity contribution in [2.75, 3.05) is 18.1 Å². The molecule has 1 saturated heterocycles. The zero-order valence-electron chi connectivity index (χ0n) is 13.6. The average Bonchev–Trinajstić information content (AvgIpc) is 2.72. The maximum absolute atomic E-state index is 11.6. The summed E-state index contributed by atoms with van der Waals surface area (Å²) in [5.41, 5.74) is 2.52. The van der Waals surface area contributed by atoms with Gasteiger partial charge in [-0.1, -0.05) is 35.8 Å². The van der Waals surface area contributed by atoms with E-state index in [4.69, 9.17) is 0 Å². The molecule has 1 heterocycles. The monoisotopic (exact) mass is 387 g/mol. The molecular weight excluding hydrogens is 362 g/mol. The third kappa shape index (κ3) is 5.36. The summed E-state index contributed by atoms with van der Waals surface area (Å²) in [7, 11) is -2.79. The number of hydrogen-bond acceptors (Lipinski definition) is 3. The Balaban J connectivity index is 2.06. The maximum atomic E-state index is 11.6. The van der Waals surface area contributed by atoms with Crippen molar-refractivity contribution in [1.29, 1.82) is 0 Å². The summed E-state index contributed by atoms with van der Waals surface area (Å²) in [6.45, 7) is 7.32. The SMILES string of the molecule is Cc1cc(Br)cc(C(CC(C)C)NCC2CCS(=O)(=O)C2)c1. The summed E-state index contributed by atoms with van der Waals surface area (Å²) >= 11 is 3.57. The van der Waals surface area contributed by atoms with Gasteiger partial charge in [-0.3, -0.25) is 0 Å². The van der Waals surface area contributed by atoms with E-state index < -0.39 is 9.84 Å². The second-order valence-corrected chi connectivity index (χ2v) is 10.1. The van der Waals surface area contributed by atoms with Crippen molar-refractivity contribution in [3.8, 4) is 0 Å². The fourth-order valence-electron chi connectivity index (χ4n) is 3.12. The van der Waals surface area contributed by atoms with Crippen molar-refractivity contribution in [3.63, 3.8) is 0 Å². The van der Waals surface area contributed by atoms with E-state index in [1.165, 1.54) is 11.1 Å². The lowest BCUT2D eigenvalue weighted by Crippen LogP contribution is -2.29. The van der Waals surface area contributed by atoms with Gasteiger partial charge in [0, 0.05) is 10.5 Å². The molecule has 0 bridgehead atoms. The van der Waals surface area contributed by atoms with Gasteiger partial charge in [0.25, 0.3) is 0 Å². The van der Waals surface area contributed by atoms with Gasteiger partial charge in [-0.25, -0.2) is 8.42 Å². The molecule has 1 fully saturated rings. The molecule has 0 spiro atoms. The van der Waals surface area contributed by atoms with Gasteiger partial charge < -0.3 is 5.32 Å². The number of benzene rings is 1. The van der Waals surface area contributed by atoms with E-state index in [-0.39, 0.29) is 12.0 Å².